The Morgan fingerprint density at radius 2 is 2.25 bits per heavy atom. The number of carbonyl (C=O) groups is 1. The van der Waals surface area contributed by atoms with Crippen LogP contribution in [0.15, 0.2) is 36.5 Å². The summed E-state index contributed by atoms with van der Waals surface area (Å²) >= 11 is 5.90. The standard InChI is InChI=1S/C14H11ClN4O/c15-12-8-18-13(17)5-11(12)14(20)19-7-10-3-1-2-9(4-10)6-16/h1-5,8H,7H2,(H2,17,18)(H,19,20). The van der Waals surface area contributed by atoms with Crippen LogP contribution in [-0.4, -0.2) is 10.9 Å². The van der Waals surface area contributed by atoms with Crippen LogP contribution in [0.5, 0.6) is 0 Å². The van der Waals surface area contributed by atoms with Crippen LogP contribution in [0, 0.1) is 11.3 Å². The van der Waals surface area contributed by atoms with Gasteiger partial charge in [0.15, 0.2) is 0 Å². The first-order chi connectivity index (χ1) is 9.60. The fraction of sp³-hybridized carbons (Fsp3) is 0.0714. The fourth-order valence-corrected chi connectivity index (χ4v) is 1.85. The average Bonchev–Trinajstić information content (AvgIpc) is 2.47. The lowest BCUT2D eigenvalue weighted by molar-refractivity contribution is 0.0951. The van der Waals surface area contributed by atoms with Crippen molar-refractivity contribution in [2.45, 2.75) is 6.54 Å². The number of nitriles is 1. The van der Waals surface area contributed by atoms with Crippen molar-refractivity contribution in [3.8, 4) is 6.07 Å². The number of benzene rings is 1. The number of hydrogen-bond donors (Lipinski definition) is 2. The minimum Gasteiger partial charge on any atom is -0.384 e. The third-order valence-corrected chi connectivity index (χ3v) is 2.93. The van der Waals surface area contributed by atoms with Gasteiger partial charge in [-0.25, -0.2) is 4.98 Å². The summed E-state index contributed by atoms with van der Waals surface area (Å²) < 4.78 is 0. The molecule has 0 atom stereocenters. The first-order valence-electron chi connectivity index (χ1n) is 5.78. The van der Waals surface area contributed by atoms with E-state index >= 15 is 0 Å². The number of aromatic nitrogens is 1. The zero-order valence-electron chi connectivity index (χ0n) is 10.4. The van der Waals surface area contributed by atoms with Crippen molar-refractivity contribution in [2.24, 2.45) is 0 Å². The van der Waals surface area contributed by atoms with Gasteiger partial charge in [-0.15, -0.1) is 0 Å². The maximum absolute atomic E-state index is 12.0. The summed E-state index contributed by atoms with van der Waals surface area (Å²) in [7, 11) is 0. The predicted molar refractivity (Wildman–Crippen MR) is 76.0 cm³/mol. The van der Waals surface area contributed by atoms with Crippen molar-refractivity contribution >= 4 is 23.3 Å². The monoisotopic (exact) mass is 286 g/mol. The Hall–Kier alpha value is -2.58. The van der Waals surface area contributed by atoms with Crippen LogP contribution >= 0.6 is 11.6 Å². The van der Waals surface area contributed by atoms with Crippen LogP contribution in [0.4, 0.5) is 5.82 Å². The lowest BCUT2D eigenvalue weighted by Gasteiger charge is -2.07. The van der Waals surface area contributed by atoms with E-state index in [0.717, 1.165) is 5.56 Å². The molecule has 0 aliphatic rings. The molecular weight excluding hydrogens is 276 g/mol. The number of amides is 1. The van der Waals surface area contributed by atoms with E-state index in [1.807, 2.05) is 12.1 Å². The minimum atomic E-state index is -0.341. The molecule has 0 saturated heterocycles. The SMILES string of the molecule is N#Cc1cccc(CNC(=O)c2cc(N)ncc2Cl)c1. The minimum absolute atomic E-state index is 0.228. The second-order valence-electron chi connectivity index (χ2n) is 4.08. The number of carbonyl (C=O) groups excluding carboxylic acids is 1. The van der Waals surface area contributed by atoms with E-state index in [2.05, 4.69) is 10.3 Å². The summed E-state index contributed by atoms with van der Waals surface area (Å²) in [4.78, 5) is 15.8. The Bertz CT molecular complexity index is 694. The quantitative estimate of drug-likeness (QED) is 0.904. The van der Waals surface area contributed by atoms with Gasteiger partial charge >= 0.3 is 0 Å². The molecule has 1 aromatic carbocycles. The number of rotatable bonds is 3. The molecule has 0 aliphatic carbocycles. The fourth-order valence-electron chi connectivity index (χ4n) is 1.66. The first kappa shape index (κ1) is 13.8. The van der Waals surface area contributed by atoms with Crippen LogP contribution in [-0.2, 0) is 6.54 Å². The van der Waals surface area contributed by atoms with E-state index in [1.165, 1.54) is 12.3 Å². The summed E-state index contributed by atoms with van der Waals surface area (Å²) in [6.07, 6.45) is 1.34. The molecule has 1 amide bonds. The smallest absolute Gasteiger partial charge is 0.253 e. The van der Waals surface area contributed by atoms with Gasteiger partial charge in [0.1, 0.15) is 5.82 Å². The number of halogens is 1. The van der Waals surface area contributed by atoms with E-state index in [9.17, 15) is 4.79 Å². The maximum atomic E-state index is 12.0. The van der Waals surface area contributed by atoms with Crippen molar-refractivity contribution in [2.75, 3.05) is 5.73 Å². The molecule has 0 spiro atoms. The second-order valence-corrected chi connectivity index (χ2v) is 4.49. The van der Waals surface area contributed by atoms with E-state index in [-0.39, 0.29) is 22.3 Å². The molecule has 2 aromatic rings. The highest BCUT2D eigenvalue weighted by molar-refractivity contribution is 6.33. The normalized spacial score (nSPS) is 9.80. The molecule has 0 unspecified atom stereocenters. The predicted octanol–water partition coefficient (Wildman–Crippen LogP) is 2.12. The van der Waals surface area contributed by atoms with Crippen molar-refractivity contribution in [3.05, 3.63) is 58.2 Å². The summed E-state index contributed by atoms with van der Waals surface area (Å²) in [5, 5.41) is 11.8. The van der Waals surface area contributed by atoms with Crippen LogP contribution < -0.4 is 11.1 Å². The third kappa shape index (κ3) is 3.25. The summed E-state index contributed by atoms with van der Waals surface area (Å²) in [6.45, 7) is 0.299. The van der Waals surface area contributed by atoms with Crippen molar-refractivity contribution < 1.29 is 4.79 Å². The Labute approximate surface area is 121 Å². The first-order valence-corrected chi connectivity index (χ1v) is 6.16. The van der Waals surface area contributed by atoms with E-state index < -0.39 is 0 Å². The zero-order chi connectivity index (χ0) is 14.5. The summed E-state index contributed by atoms with van der Waals surface area (Å²) in [5.74, 6) is -0.113. The number of anilines is 1. The van der Waals surface area contributed by atoms with Gasteiger partial charge in [-0.05, 0) is 23.8 Å². The molecule has 20 heavy (non-hydrogen) atoms. The molecule has 100 valence electrons. The number of nitrogens with zero attached hydrogens (tertiary/aromatic N) is 2. The van der Waals surface area contributed by atoms with Crippen molar-refractivity contribution in [1.29, 1.82) is 5.26 Å². The van der Waals surface area contributed by atoms with Gasteiger partial charge in [0.25, 0.3) is 5.91 Å². The molecule has 0 aliphatic heterocycles. The maximum Gasteiger partial charge on any atom is 0.253 e. The molecule has 0 saturated carbocycles. The van der Waals surface area contributed by atoms with Gasteiger partial charge in [-0.1, -0.05) is 23.7 Å². The summed E-state index contributed by atoms with van der Waals surface area (Å²) in [5.41, 5.74) is 7.17. The van der Waals surface area contributed by atoms with Crippen LogP contribution in [0.2, 0.25) is 5.02 Å². The molecule has 0 bridgehead atoms. The number of pyridine rings is 1. The summed E-state index contributed by atoms with van der Waals surface area (Å²) in [6, 6.07) is 10.5. The Kier molecular flexibility index (Phi) is 4.18. The lowest BCUT2D eigenvalue weighted by Crippen LogP contribution is -2.23. The largest absolute Gasteiger partial charge is 0.384 e. The zero-order valence-corrected chi connectivity index (χ0v) is 11.2. The molecular formula is C14H11ClN4O. The van der Waals surface area contributed by atoms with Gasteiger partial charge in [0, 0.05) is 12.7 Å². The Morgan fingerprint density at radius 1 is 1.45 bits per heavy atom. The van der Waals surface area contributed by atoms with Gasteiger partial charge in [-0.3, -0.25) is 4.79 Å². The number of nitrogen functional groups attached to an aromatic ring is 1. The highest BCUT2D eigenvalue weighted by Gasteiger charge is 2.11. The Morgan fingerprint density at radius 3 is 3.00 bits per heavy atom. The molecule has 0 fully saturated rings. The highest BCUT2D eigenvalue weighted by Crippen LogP contribution is 2.16. The number of nitrogens with two attached hydrogens (primary N) is 1. The van der Waals surface area contributed by atoms with E-state index in [0.29, 0.717) is 12.1 Å². The van der Waals surface area contributed by atoms with Crippen LogP contribution in [0.3, 0.4) is 0 Å². The number of nitrogens with one attached hydrogen (secondary N) is 1. The Balaban J connectivity index is 2.09. The molecule has 6 heteroatoms. The molecule has 1 aromatic heterocycles. The molecule has 2 rings (SSSR count). The molecule has 5 nitrogen and oxygen atoms in total. The lowest BCUT2D eigenvalue weighted by atomic mass is 10.1. The van der Waals surface area contributed by atoms with E-state index in [1.54, 1.807) is 18.2 Å². The highest BCUT2D eigenvalue weighted by atomic mass is 35.5. The van der Waals surface area contributed by atoms with Crippen LogP contribution in [0.1, 0.15) is 21.5 Å². The van der Waals surface area contributed by atoms with E-state index in [4.69, 9.17) is 22.6 Å². The average molecular weight is 287 g/mol. The van der Waals surface area contributed by atoms with Crippen molar-refractivity contribution in [1.82, 2.24) is 10.3 Å². The number of hydrogen-bond acceptors (Lipinski definition) is 4. The molecule has 1 heterocycles. The van der Waals surface area contributed by atoms with Crippen molar-refractivity contribution in [3.63, 3.8) is 0 Å². The topological polar surface area (TPSA) is 91.8 Å². The van der Waals surface area contributed by atoms with Gasteiger partial charge in [0.05, 0.1) is 22.2 Å². The molecule has 0 radical (unpaired) electrons. The second kappa shape index (κ2) is 6.04. The molecule has 3 N–H and O–H groups in total. The van der Waals surface area contributed by atoms with Gasteiger partial charge < -0.3 is 11.1 Å². The van der Waals surface area contributed by atoms with Gasteiger partial charge in [0.2, 0.25) is 0 Å². The van der Waals surface area contributed by atoms with Gasteiger partial charge in [-0.2, -0.15) is 5.26 Å². The van der Waals surface area contributed by atoms with Crippen LogP contribution in [0.25, 0.3) is 0 Å². The third-order valence-electron chi connectivity index (χ3n) is 2.63.